The Kier molecular flexibility index (Phi) is 6.51. The molecule has 0 atom stereocenters. The molecule has 0 fully saturated rings. The molecule has 0 bridgehead atoms. The van der Waals surface area contributed by atoms with Crippen LogP contribution >= 0.6 is 12.2 Å². The Balaban J connectivity index is 2.08. The molecule has 27 heavy (non-hydrogen) atoms. The summed E-state index contributed by atoms with van der Waals surface area (Å²) >= 11 is 5.02. The number of hydrogen-bond donors (Lipinski definition) is 3. The Labute approximate surface area is 159 Å². The number of halogens is 3. The molecule has 0 aliphatic carbocycles. The summed E-state index contributed by atoms with van der Waals surface area (Å²) in [5.41, 5.74) is 3.39. The van der Waals surface area contributed by atoms with E-state index in [4.69, 9.17) is 12.2 Å². The van der Waals surface area contributed by atoms with E-state index >= 15 is 0 Å². The molecule has 5 nitrogen and oxygen atoms in total. The number of alkyl halides is 3. The van der Waals surface area contributed by atoms with Crippen LogP contribution in [0.4, 0.5) is 24.5 Å². The largest absolute Gasteiger partial charge is 0.418 e. The highest BCUT2D eigenvalue weighted by Crippen LogP contribution is 2.34. The van der Waals surface area contributed by atoms with Gasteiger partial charge < -0.3 is 10.6 Å². The fraction of sp³-hybridized carbons (Fsp3) is 0.167. The lowest BCUT2D eigenvalue weighted by molar-refractivity contribution is -0.136. The number of amides is 1. The molecular formula is C18H17F3N4OS. The van der Waals surface area contributed by atoms with Crippen molar-refractivity contribution in [2.45, 2.75) is 20.0 Å². The molecule has 0 radical (unpaired) electrons. The van der Waals surface area contributed by atoms with Crippen molar-refractivity contribution in [2.24, 2.45) is 5.10 Å². The Morgan fingerprint density at radius 1 is 1.04 bits per heavy atom. The van der Waals surface area contributed by atoms with Gasteiger partial charge in [0.1, 0.15) is 0 Å². The molecule has 9 heteroatoms. The van der Waals surface area contributed by atoms with Crippen molar-refractivity contribution in [2.75, 3.05) is 10.6 Å². The van der Waals surface area contributed by atoms with Gasteiger partial charge in [0.2, 0.25) is 5.91 Å². The number of hydrogen-bond acceptors (Lipinski definition) is 3. The Morgan fingerprint density at radius 3 is 2.41 bits per heavy atom. The van der Waals surface area contributed by atoms with E-state index in [1.54, 1.807) is 31.2 Å². The molecule has 142 valence electrons. The van der Waals surface area contributed by atoms with Crippen molar-refractivity contribution in [1.29, 1.82) is 0 Å². The van der Waals surface area contributed by atoms with E-state index in [1.165, 1.54) is 25.1 Å². The van der Waals surface area contributed by atoms with E-state index in [0.29, 0.717) is 17.0 Å². The van der Waals surface area contributed by atoms with Crippen LogP contribution < -0.4 is 16.1 Å². The highest BCUT2D eigenvalue weighted by molar-refractivity contribution is 7.80. The first-order chi connectivity index (χ1) is 12.7. The third-order valence-electron chi connectivity index (χ3n) is 3.41. The third kappa shape index (κ3) is 6.07. The average Bonchev–Trinajstić information content (AvgIpc) is 2.59. The molecule has 2 aromatic carbocycles. The van der Waals surface area contributed by atoms with Crippen LogP contribution in [-0.2, 0) is 11.0 Å². The number of para-hydroxylation sites is 1. The van der Waals surface area contributed by atoms with Gasteiger partial charge in [0.15, 0.2) is 5.11 Å². The minimum atomic E-state index is -4.50. The van der Waals surface area contributed by atoms with Gasteiger partial charge in [-0.2, -0.15) is 18.3 Å². The fourth-order valence-corrected chi connectivity index (χ4v) is 2.37. The Hall–Kier alpha value is -2.94. The van der Waals surface area contributed by atoms with Gasteiger partial charge in [-0.05, 0) is 49.0 Å². The number of carbonyl (C=O) groups is 1. The minimum Gasteiger partial charge on any atom is -0.331 e. The number of rotatable bonds is 4. The number of anilines is 2. The molecule has 0 saturated heterocycles. The van der Waals surface area contributed by atoms with Gasteiger partial charge in [-0.3, -0.25) is 10.2 Å². The molecule has 0 unspecified atom stereocenters. The zero-order valence-corrected chi connectivity index (χ0v) is 15.3. The van der Waals surface area contributed by atoms with E-state index in [-0.39, 0.29) is 16.7 Å². The zero-order chi connectivity index (χ0) is 20.0. The van der Waals surface area contributed by atoms with Crippen LogP contribution in [0.15, 0.2) is 53.6 Å². The maximum absolute atomic E-state index is 13.0. The summed E-state index contributed by atoms with van der Waals surface area (Å²) in [5.74, 6) is -0.200. The van der Waals surface area contributed by atoms with E-state index in [9.17, 15) is 18.0 Å². The Bertz CT molecular complexity index is 881. The summed E-state index contributed by atoms with van der Waals surface area (Å²) in [6, 6.07) is 12.0. The van der Waals surface area contributed by atoms with E-state index < -0.39 is 11.7 Å². The van der Waals surface area contributed by atoms with Gasteiger partial charge in [0.05, 0.1) is 17.0 Å². The molecule has 2 rings (SSSR count). The van der Waals surface area contributed by atoms with Gasteiger partial charge in [-0.15, -0.1) is 0 Å². The number of carbonyl (C=O) groups excluding carboxylic acids is 1. The minimum absolute atomic E-state index is 0.0796. The van der Waals surface area contributed by atoms with Crippen LogP contribution in [0.1, 0.15) is 25.0 Å². The molecule has 1 amide bonds. The van der Waals surface area contributed by atoms with Gasteiger partial charge >= 0.3 is 6.18 Å². The van der Waals surface area contributed by atoms with Crippen LogP contribution in [0.25, 0.3) is 0 Å². The second-order valence-corrected chi connectivity index (χ2v) is 5.98. The SMILES string of the molecule is CC(=O)Nc1cccc(/C(C)=N\NC(=S)Nc2ccccc2C(F)(F)F)c1. The number of benzene rings is 2. The van der Waals surface area contributed by atoms with Crippen LogP contribution in [0, 0.1) is 0 Å². The average molecular weight is 394 g/mol. The lowest BCUT2D eigenvalue weighted by Gasteiger charge is -2.14. The van der Waals surface area contributed by atoms with Crippen molar-refractivity contribution in [3.63, 3.8) is 0 Å². The van der Waals surface area contributed by atoms with Crippen molar-refractivity contribution in [3.05, 3.63) is 59.7 Å². The first-order valence-corrected chi connectivity index (χ1v) is 8.23. The highest BCUT2D eigenvalue weighted by Gasteiger charge is 2.33. The predicted octanol–water partition coefficient (Wildman–Crippen LogP) is 4.37. The van der Waals surface area contributed by atoms with Crippen molar-refractivity contribution < 1.29 is 18.0 Å². The lowest BCUT2D eigenvalue weighted by atomic mass is 10.1. The zero-order valence-electron chi connectivity index (χ0n) is 14.5. The smallest absolute Gasteiger partial charge is 0.331 e. The number of hydrazone groups is 1. The molecule has 0 aliphatic rings. The van der Waals surface area contributed by atoms with Crippen LogP contribution in [0.3, 0.4) is 0 Å². The summed E-state index contributed by atoms with van der Waals surface area (Å²) in [6.07, 6.45) is -4.50. The third-order valence-corrected chi connectivity index (χ3v) is 3.60. The molecule has 0 aromatic heterocycles. The van der Waals surface area contributed by atoms with Crippen molar-refractivity contribution in [3.8, 4) is 0 Å². The normalized spacial score (nSPS) is 11.7. The summed E-state index contributed by atoms with van der Waals surface area (Å²) in [7, 11) is 0. The maximum atomic E-state index is 13.0. The second-order valence-electron chi connectivity index (χ2n) is 5.57. The molecular weight excluding hydrogens is 377 g/mol. The Morgan fingerprint density at radius 2 is 1.74 bits per heavy atom. The van der Waals surface area contributed by atoms with Gasteiger partial charge in [0, 0.05) is 12.6 Å². The second kappa shape index (κ2) is 8.63. The quantitative estimate of drug-likeness (QED) is 0.409. The van der Waals surface area contributed by atoms with E-state index in [0.717, 1.165) is 6.07 Å². The molecule has 0 heterocycles. The highest BCUT2D eigenvalue weighted by atomic mass is 32.1. The first-order valence-electron chi connectivity index (χ1n) is 7.82. The van der Waals surface area contributed by atoms with Crippen molar-refractivity contribution >= 4 is 40.3 Å². The van der Waals surface area contributed by atoms with Crippen LogP contribution in [0.2, 0.25) is 0 Å². The predicted molar refractivity (Wildman–Crippen MR) is 104 cm³/mol. The van der Waals surface area contributed by atoms with Gasteiger partial charge in [-0.25, -0.2) is 0 Å². The molecule has 2 aromatic rings. The molecule has 0 aliphatic heterocycles. The van der Waals surface area contributed by atoms with Crippen LogP contribution in [-0.4, -0.2) is 16.7 Å². The lowest BCUT2D eigenvalue weighted by Crippen LogP contribution is -2.26. The molecule has 3 N–H and O–H groups in total. The number of nitrogens with one attached hydrogen (secondary N) is 3. The summed E-state index contributed by atoms with van der Waals surface area (Å²) in [6.45, 7) is 3.10. The maximum Gasteiger partial charge on any atom is 0.418 e. The summed E-state index contributed by atoms with van der Waals surface area (Å²) < 4.78 is 39.0. The monoisotopic (exact) mass is 394 g/mol. The topological polar surface area (TPSA) is 65.5 Å². The molecule has 0 spiro atoms. The van der Waals surface area contributed by atoms with Gasteiger partial charge in [-0.1, -0.05) is 24.3 Å². The standard InChI is InChI=1S/C18H17F3N4OS/c1-11(13-6-5-7-14(10-13)22-12(2)26)24-25-17(27)23-16-9-4-3-8-15(16)18(19,20)21/h3-10H,1-2H3,(H,22,26)(H2,23,25,27)/b24-11-. The first kappa shape index (κ1) is 20.4. The summed E-state index contributed by atoms with van der Waals surface area (Å²) in [4.78, 5) is 11.1. The fourth-order valence-electron chi connectivity index (χ4n) is 2.21. The molecule has 0 saturated carbocycles. The summed E-state index contributed by atoms with van der Waals surface area (Å²) in [5, 5.41) is 9.15. The number of thiocarbonyl (C=S) groups is 1. The van der Waals surface area contributed by atoms with Gasteiger partial charge in [0.25, 0.3) is 0 Å². The van der Waals surface area contributed by atoms with Crippen molar-refractivity contribution in [1.82, 2.24) is 5.43 Å². The number of nitrogens with zero attached hydrogens (tertiary/aromatic N) is 1. The van der Waals surface area contributed by atoms with E-state index in [1.807, 2.05) is 0 Å². The van der Waals surface area contributed by atoms with E-state index in [2.05, 4.69) is 21.2 Å². The van der Waals surface area contributed by atoms with Crippen LogP contribution in [0.5, 0.6) is 0 Å².